The van der Waals surface area contributed by atoms with Crippen LogP contribution in [0, 0.1) is 6.92 Å². The van der Waals surface area contributed by atoms with Crippen LogP contribution in [0.4, 0.5) is 17.5 Å². The highest BCUT2D eigenvalue weighted by Gasteiger charge is 2.28. The van der Waals surface area contributed by atoms with Gasteiger partial charge in [-0.1, -0.05) is 18.2 Å². The second kappa shape index (κ2) is 9.21. The largest absolute Gasteiger partial charge is 0.423 e. The molecule has 6 rings (SSSR count). The molecule has 10 nitrogen and oxygen atoms in total. The molecule has 3 aromatic heterocycles. The Labute approximate surface area is 208 Å². The minimum atomic E-state index is 0.219. The highest BCUT2D eigenvalue weighted by atomic mass is 16.5. The summed E-state index contributed by atoms with van der Waals surface area (Å²) in [4.78, 5) is 15.7. The van der Waals surface area contributed by atoms with Crippen molar-refractivity contribution in [3.05, 3.63) is 54.4 Å². The fraction of sp³-hybridized carbons (Fsp3) is 0.308. The zero-order valence-corrected chi connectivity index (χ0v) is 20.3. The van der Waals surface area contributed by atoms with Crippen LogP contribution in [0.3, 0.4) is 0 Å². The Morgan fingerprint density at radius 3 is 2.86 bits per heavy atom. The quantitative estimate of drug-likeness (QED) is 0.351. The number of rotatable bonds is 7. The van der Waals surface area contributed by atoms with Crippen molar-refractivity contribution in [2.45, 2.75) is 19.4 Å². The summed E-state index contributed by atoms with van der Waals surface area (Å²) in [5.41, 5.74) is 12.4. The van der Waals surface area contributed by atoms with Gasteiger partial charge >= 0.3 is 0 Å². The van der Waals surface area contributed by atoms with Crippen LogP contribution in [0.25, 0.3) is 33.4 Å². The Kier molecular flexibility index (Phi) is 5.74. The predicted molar refractivity (Wildman–Crippen MR) is 139 cm³/mol. The summed E-state index contributed by atoms with van der Waals surface area (Å²) in [6.07, 6.45) is 2.50. The van der Waals surface area contributed by atoms with E-state index in [1.807, 2.05) is 54.1 Å². The summed E-state index contributed by atoms with van der Waals surface area (Å²) < 4.78 is 13.1. The van der Waals surface area contributed by atoms with Crippen LogP contribution in [0.15, 0.2) is 53.2 Å². The van der Waals surface area contributed by atoms with Gasteiger partial charge in [-0.2, -0.15) is 10.1 Å². The van der Waals surface area contributed by atoms with E-state index in [4.69, 9.17) is 20.0 Å². The van der Waals surface area contributed by atoms with Crippen molar-refractivity contribution in [3.63, 3.8) is 0 Å². The van der Waals surface area contributed by atoms with Crippen molar-refractivity contribution in [1.29, 1.82) is 0 Å². The zero-order valence-electron chi connectivity index (χ0n) is 20.3. The van der Waals surface area contributed by atoms with E-state index in [0.717, 1.165) is 77.3 Å². The molecule has 0 spiro atoms. The first-order chi connectivity index (χ1) is 17.6. The molecule has 0 amide bonds. The second-order valence-corrected chi connectivity index (χ2v) is 9.18. The molecular formula is C26H28N8O2. The Balaban J connectivity index is 1.28. The van der Waals surface area contributed by atoms with Gasteiger partial charge in [0.05, 0.1) is 18.0 Å². The predicted octanol–water partition coefficient (Wildman–Crippen LogP) is 4.16. The number of nitrogens with zero attached hydrogens (tertiary/aromatic N) is 6. The van der Waals surface area contributed by atoms with Gasteiger partial charge in [-0.15, -0.1) is 0 Å². The smallest absolute Gasteiger partial charge is 0.300 e. The first-order valence-corrected chi connectivity index (χ1v) is 12.0. The van der Waals surface area contributed by atoms with Crippen molar-refractivity contribution < 1.29 is 9.15 Å². The van der Waals surface area contributed by atoms with Gasteiger partial charge in [0.15, 0.2) is 11.2 Å². The SMILES string of the molecule is COCCN1CCC(n2nc(-c3ccc(Nc4nc5cc(C)ccc5o4)cc3)c3c(N)ncnc32)C1. The van der Waals surface area contributed by atoms with Crippen molar-refractivity contribution in [2.75, 3.05) is 44.4 Å². The number of hydrogen-bond donors (Lipinski definition) is 2. The van der Waals surface area contributed by atoms with Gasteiger partial charge in [0.25, 0.3) is 6.01 Å². The van der Waals surface area contributed by atoms with Crippen LogP contribution < -0.4 is 11.1 Å². The Hall–Kier alpha value is -4.02. The Bertz CT molecular complexity index is 1520. The number of anilines is 3. The lowest BCUT2D eigenvalue weighted by molar-refractivity contribution is 0.159. The van der Waals surface area contributed by atoms with Gasteiger partial charge in [0.1, 0.15) is 23.4 Å². The van der Waals surface area contributed by atoms with Crippen LogP contribution >= 0.6 is 0 Å². The summed E-state index contributed by atoms with van der Waals surface area (Å²) in [6.45, 7) is 5.56. The van der Waals surface area contributed by atoms with Crippen LogP contribution in [-0.4, -0.2) is 63.0 Å². The van der Waals surface area contributed by atoms with E-state index in [-0.39, 0.29) is 6.04 Å². The van der Waals surface area contributed by atoms with Crippen molar-refractivity contribution in [2.24, 2.45) is 0 Å². The number of nitrogen functional groups attached to an aromatic ring is 1. The molecule has 1 atom stereocenters. The zero-order chi connectivity index (χ0) is 24.6. The molecule has 0 aliphatic carbocycles. The van der Waals surface area contributed by atoms with Gasteiger partial charge < -0.3 is 20.2 Å². The summed E-state index contributed by atoms with van der Waals surface area (Å²) >= 11 is 0. The molecule has 3 N–H and O–H groups in total. The van der Waals surface area contributed by atoms with Crippen LogP contribution in [-0.2, 0) is 4.74 Å². The third kappa shape index (κ3) is 4.14. The lowest BCUT2D eigenvalue weighted by atomic mass is 10.1. The summed E-state index contributed by atoms with van der Waals surface area (Å²) in [5.74, 6) is 0.430. The van der Waals surface area contributed by atoms with E-state index in [1.54, 1.807) is 7.11 Å². The van der Waals surface area contributed by atoms with Crippen molar-refractivity contribution >= 4 is 39.7 Å². The first kappa shape index (κ1) is 22.4. The number of methoxy groups -OCH3 is 1. The molecule has 4 heterocycles. The minimum absolute atomic E-state index is 0.219. The molecule has 1 aliphatic heterocycles. The van der Waals surface area contributed by atoms with E-state index >= 15 is 0 Å². The molecular weight excluding hydrogens is 456 g/mol. The van der Waals surface area contributed by atoms with Gasteiger partial charge in [0.2, 0.25) is 0 Å². The average Bonchev–Trinajstić information content (AvgIpc) is 3.60. The molecule has 5 aromatic rings. The van der Waals surface area contributed by atoms with Crippen molar-refractivity contribution in [1.82, 2.24) is 29.6 Å². The highest BCUT2D eigenvalue weighted by molar-refractivity contribution is 5.98. The number of benzene rings is 2. The maximum Gasteiger partial charge on any atom is 0.300 e. The fourth-order valence-electron chi connectivity index (χ4n) is 4.81. The molecule has 184 valence electrons. The topological polar surface area (TPSA) is 120 Å². The third-order valence-corrected chi connectivity index (χ3v) is 6.68. The monoisotopic (exact) mass is 484 g/mol. The minimum Gasteiger partial charge on any atom is -0.423 e. The molecule has 0 bridgehead atoms. The van der Waals surface area contributed by atoms with E-state index in [2.05, 4.69) is 25.2 Å². The van der Waals surface area contributed by atoms with Crippen LogP contribution in [0.1, 0.15) is 18.0 Å². The normalized spacial score (nSPS) is 16.3. The molecule has 0 saturated carbocycles. The number of ether oxygens (including phenoxy) is 1. The van der Waals surface area contributed by atoms with Gasteiger partial charge in [-0.25, -0.2) is 14.6 Å². The van der Waals surface area contributed by atoms with E-state index in [0.29, 0.717) is 11.8 Å². The van der Waals surface area contributed by atoms with E-state index in [1.165, 1.54) is 6.33 Å². The molecule has 0 radical (unpaired) electrons. The Morgan fingerprint density at radius 1 is 1.17 bits per heavy atom. The number of aryl methyl sites for hydroxylation is 1. The number of aromatic nitrogens is 5. The van der Waals surface area contributed by atoms with E-state index in [9.17, 15) is 0 Å². The van der Waals surface area contributed by atoms with Gasteiger partial charge in [-0.05, 0) is 43.2 Å². The standard InChI is InChI=1S/C26H28N8O2/c1-16-3-8-21-20(13-16)31-26(36-21)30-18-6-4-17(5-7-18)23-22-24(27)28-15-29-25(22)34(32-23)19-9-10-33(14-19)11-12-35-2/h3-8,13,15,19H,9-12,14H2,1-2H3,(H,30,31)(H2,27,28,29). The number of fused-ring (bicyclic) bond motifs is 2. The summed E-state index contributed by atoms with van der Waals surface area (Å²) in [7, 11) is 1.73. The van der Waals surface area contributed by atoms with Crippen LogP contribution in [0.5, 0.6) is 0 Å². The fourth-order valence-corrected chi connectivity index (χ4v) is 4.81. The Morgan fingerprint density at radius 2 is 2.03 bits per heavy atom. The molecule has 1 unspecified atom stereocenters. The maximum absolute atomic E-state index is 6.31. The van der Waals surface area contributed by atoms with Crippen LogP contribution in [0.2, 0.25) is 0 Å². The highest BCUT2D eigenvalue weighted by Crippen LogP contribution is 2.34. The third-order valence-electron chi connectivity index (χ3n) is 6.68. The lowest BCUT2D eigenvalue weighted by Crippen LogP contribution is -2.25. The van der Waals surface area contributed by atoms with Crippen molar-refractivity contribution in [3.8, 4) is 11.3 Å². The van der Waals surface area contributed by atoms with E-state index < -0.39 is 0 Å². The molecule has 1 fully saturated rings. The first-order valence-electron chi connectivity index (χ1n) is 12.0. The van der Waals surface area contributed by atoms with Gasteiger partial charge in [0, 0.05) is 38.0 Å². The molecule has 10 heteroatoms. The molecule has 1 aliphatic rings. The number of hydrogen-bond acceptors (Lipinski definition) is 9. The number of nitrogens with two attached hydrogens (primary N) is 1. The summed E-state index contributed by atoms with van der Waals surface area (Å²) in [6, 6.07) is 14.6. The molecule has 2 aromatic carbocycles. The number of nitrogens with one attached hydrogen (secondary N) is 1. The summed E-state index contributed by atoms with van der Waals surface area (Å²) in [5, 5.41) is 9.02. The average molecular weight is 485 g/mol. The second-order valence-electron chi connectivity index (χ2n) is 9.18. The molecule has 1 saturated heterocycles. The lowest BCUT2D eigenvalue weighted by Gasteiger charge is -2.15. The van der Waals surface area contributed by atoms with Gasteiger partial charge in [-0.3, -0.25) is 4.90 Å². The number of oxazole rings is 1. The molecule has 36 heavy (non-hydrogen) atoms. The number of likely N-dealkylation sites (tertiary alicyclic amines) is 1. The maximum atomic E-state index is 6.31.